The minimum absolute atomic E-state index is 0. The summed E-state index contributed by atoms with van der Waals surface area (Å²) in [4.78, 5) is 0. The Morgan fingerprint density at radius 3 is 0.687 bits per heavy atom. The molecule has 1 atom stereocenters. The van der Waals surface area contributed by atoms with Gasteiger partial charge in [0.1, 0.15) is 0 Å². The van der Waals surface area contributed by atoms with Gasteiger partial charge in [0.05, 0.1) is 0 Å². The van der Waals surface area contributed by atoms with Gasteiger partial charge in [-0.05, 0) is 0 Å². The van der Waals surface area contributed by atoms with E-state index in [0.717, 1.165) is 0 Å². The Morgan fingerprint density at radius 2 is 0.507 bits per heavy atom. The van der Waals surface area contributed by atoms with Crippen molar-refractivity contribution >= 4 is 60.9 Å². The average molecular weight is 979 g/mol. The summed E-state index contributed by atoms with van der Waals surface area (Å²) in [6.45, 7) is 7.25. The molecule has 0 heterocycles. The average Bonchev–Trinajstić information content (AvgIpc) is 3.56. The summed E-state index contributed by atoms with van der Waals surface area (Å²) in [7, 11) is -3.35. The minimum atomic E-state index is -3.35. The molecule has 0 amide bonds. The predicted molar refractivity (Wildman–Crippen MR) is 293 cm³/mol. The van der Waals surface area contributed by atoms with Gasteiger partial charge in [0.25, 0.3) is 0 Å². The Bertz CT molecular complexity index is 2690. The summed E-state index contributed by atoms with van der Waals surface area (Å²) in [5, 5.41) is 5.69. The molecule has 5 heteroatoms. The van der Waals surface area contributed by atoms with E-state index in [1.807, 2.05) is 0 Å². The standard InChI is InChI=1S/C62H49Si.3ClH.Ti/c1-44-34-45(2)62(46(44)3)63(59-38-53(47-22-10-4-11-23-47)35-54(39-59)48-24-12-5-13-25-48,60-40-55(49-26-14-6-15-27-49)36-56(41-60)50-28-16-7-17-29-50)61-42-57(51-30-18-8-19-31-51)37-58(43-61)52-32-20-9-21-33-52;;;;/h4-33,35-43,45H,1-3H3;3*1H;. The van der Waals surface area contributed by atoms with Crippen LogP contribution in [0.3, 0.4) is 0 Å². The maximum atomic E-state index is 2.57. The van der Waals surface area contributed by atoms with Gasteiger partial charge in [0.15, 0.2) is 0 Å². The van der Waals surface area contributed by atoms with Crippen LogP contribution in [-0.2, 0) is 20.4 Å². The normalized spacial score (nSPS) is 13.3. The van der Waals surface area contributed by atoms with E-state index in [1.54, 1.807) is 5.20 Å². The second-order valence-corrected chi connectivity index (χ2v) is 21.8. The van der Waals surface area contributed by atoms with Crippen molar-refractivity contribution in [1.29, 1.82) is 0 Å². The van der Waals surface area contributed by atoms with E-state index in [2.05, 4.69) is 278 Å². The molecular weight excluding hydrogens is 927 g/mol. The summed E-state index contributed by atoms with van der Waals surface area (Å²) < 4.78 is 1.46. The van der Waals surface area contributed by atoms with E-state index < -0.39 is 8.07 Å². The third-order valence-electron chi connectivity index (χ3n) is 13.4. The number of halogens is 3. The summed E-state index contributed by atoms with van der Waals surface area (Å²) >= 11 is 2.37. The van der Waals surface area contributed by atoms with Gasteiger partial charge in [0, 0.05) is 0 Å². The summed E-state index contributed by atoms with van der Waals surface area (Å²) in [5.74, 6) is 0.216. The molecule has 0 aliphatic heterocycles. The van der Waals surface area contributed by atoms with Gasteiger partial charge in [-0.25, -0.2) is 0 Å². The number of rotatable bonds is 10. The number of allylic oxidation sites excluding steroid dienone is 4. The van der Waals surface area contributed by atoms with E-state index in [4.69, 9.17) is 0 Å². The number of benzene rings is 9. The van der Waals surface area contributed by atoms with Gasteiger partial charge < -0.3 is 0 Å². The van der Waals surface area contributed by atoms with Crippen LogP contribution in [0.1, 0.15) is 20.8 Å². The van der Waals surface area contributed by atoms with E-state index in [9.17, 15) is 0 Å². The zero-order chi connectivity index (χ0) is 43.6. The van der Waals surface area contributed by atoms with Crippen LogP contribution in [0.25, 0.3) is 66.8 Å². The van der Waals surface area contributed by atoms with Crippen LogP contribution in [0.2, 0.25) is 0 Å². The molecule has 1 unspecified atom stereocenters. The van der Waals surface area contributed by atoms with Crippen LogP contribution in [0.15, 0.2) is 257 Å². The smallest absolute Gasteiger partial charge is 0.147 e. The first-order valence-corrected chi connectivity index (χ1v) is 25.1. The first-order chi connectivity index (χ1) is 31.4. The van der Waals surface area contributed by atoms with E-state index in [-0.39, 0.29) is 43.1 Å². The van der Waals surface area contributed by atoms with E-state index in [1.165, 1.54) is 97.3 Å². The Morgan fingerprint density at radius 1 is 0.299 bits per heavy atom. The van der Waals surface area contributed by atoms with Crippen molar-refractivity contribution in [2.45, 2.75) is 20.8 Å². The molecule has 0 saturated carbocycles. The Labute approximate surface area is 428 Å². The van der Waals surface area contributed by atoms with E-state index >= 15 is 0 Å². The van der Waals surface area contributed by atoms with Gasteiger partial charge >= 0.3 is 394 Å². The molecular formula is C62H52Cl3SiTi. The molecule has 329 valence electrons. The van der Waals surface area contributed by atoms with Gasteiger partial charge in [0.2, 0.25) is 0 Å². The summed E-state index contributed by atoms with van der Waals surface area (Å²) in [6, 6.07) is 88.6. The molecule has 0 nitrogen and oxygen atoms in total. The Balaban J connectivity index is 0.00000222. The van der Waals surface area contributed by atoms with Gasteiger partial charge in [-0.3, -0.25) is 0 Å². The molecule has 0 N–H and O–H groups in total. The van der Waals surface area contributed by atoms with Crippen LogP contribution in [0, 0.1) is 5.92 Å². The SMILES string of the molecule is CC1=[C]([Ti])C(C)C([Si](c2cc(-c3ccccc3)cc(-c3ccccc3)c2)(c2cc(-c3ccccc3)cc(-c3ccccc3)c2)c2cc(-c3ccccc3)cc(-c3ccccc3)c2)=C1C.Cl.Cl.Cl. The molecule has 1 aliphatic rings. The molecule has 1 aliphatic carbocycles. The minimum Gasteiger partial charge on any atom is -0.147 e. The maximum absolute atomic E-state index is 3.35. The number of hydrogen-bond acceptors (Lipinski definition) is 0. The fraction of sp³-hybridized carbons (Fsp3) is 0.0645. The molecule has 9 aromatic carbocycles. The molecule has 67 heavy (non-hydrogen) atoms. The van der Waals surface area contributed by atoms with Crippen molar-refractivity contribution in [2.75, 3.05) is 0 Å². The monoisotopic (exact) mass is 977 g/mol. The maximum Gasteiger partial charge on any atom is -0.147 e. The van der Waals surface area contributed by atoms with Crippen molar-refractivity contribution in [3.8, 4) is 66.8 Å². The second kappa shape index (κ2) is 21.5. The zero-order valence-corrected chi connectivity index (χ0v) is 42.8. The molecule has 0 saturated heterocycles. The van der Waals surface area contributed by atoms with Crippen molar-refractivity contribution in [3.63, 3.8) is 0 Å². The summed E-state index contributed by atoms with van der Waals surface area (Å²) in [5.41, 5.74) is 17.5. The van der Waals surface area contributed by atoms with Crippen molar-refractivity contribution < 1.29 is 20.4 Å². The quantitative estimate of drug-likeness (QED) is 0.0946. The topological polar surface area (TPSA) is 0 Å². The van der Waals surface area contributed by atoms with Gasteiger partial charge in [-0.15, -0.1) is 37.2 Å². The van der Waals surface area contributed by atoms with Gasteiger partial charge in [-0.2, -0.15) is 0 Å². The Hall–Kier alpha value is -5.74. The largest absolute Gasteiger partial charge is 0.147 e. The molecule has 0 aromatic heterocycles. The fourth-order valence-electron chi connectivity index (χ4n) is 10.1. The first-order valence-electron chi connectivity index (χ1n) is 22.3. The van der Waals surface area contributed by atoms with Crippen molar-refractivity contribution in [2.24, 2.45) is 5.92 Å². The molecule has 0 spiro atoms. The first kappa shape index (κ1) is 49.2. The second-order valence-electron chi connectivity index (χ2n) is 17.1. The fourth-order valence-corrected chi connectivity index (χ4v) is 16.5. The van der Waals surface area contributed by atoms with Crippen LogP contribution in [0.4, 0.5) is 0 Å². The third-order valence-corrected chi connectivity index (χ3v) is 19.7. The van der Waals surface area contributed by atoms with Gasteiger partial charge in [-0.1, -0.05) is 0 Å². The molecule has 0 bridgehead atoms. The Kier molecular flexibility index (Phi) is 15.8. The van der Waals surface area contributed by atoms with Crippen LogP contribution < -0.4 is 15.6 Å². The molecule has 0 radical (unpaired) electrons. The number of hydrogen-bond donors (Lipinski definition) is 0. The zero-order valence-electron chi connectivity index (χ0n) is 37.8. The molecule has 10 rings (SSSR count). The predicted octanol–water partition coefficient (Wildman–Crippen LogP) is 15.8. The van der Waals surface area contributed by atoms with Crippen LogP contribution in [0.5, 0.6) is 0 Å². The molecule has 9 aromatic rings. The summed E-state index contributed by atoms with van der Waals surface area (Å²) in [6.07, 6.45) is 0. The van der Waals surface area contributed by atoms with E-state index in [0.29, 0.717) is 0 Å². The van der Waals surface area contributed by atoms with Crippen LogP contribution >= 0.6 is 37.2 Å². The van der Waals surface area contributed by atoms with Crippen molar-refractivity contribution in [3.05, 3.63) is 257 Å². The van der Waals surface area contributed by atoms with Crippen molar-refractivity contribution in [1.82, 2.24) is 0 Å². The van der Waals surface area contributed by atoms with Crippen LogP contribution in [-0.4, -0.2) is 8.07 Å². The third kappa shape index (κ3) is 9.56. The molecule has 0 fully saturated rings.